The molecule has 0 N–H and O–H groups in total. The van der Waals surface area contributed by atoms with Gasteiger partial charge in [-0.1, -0.05) is 42.5 Å². The largest absolute Gasteiger partial charge is 0.465 e. The molecule has 0 aromatic heterocycles. The smallest absolute Gasteiger partial charge is 0.339 e. The van der Waals surface area contributed by atoms with Crippen LogP contribution in [0.2, 0.25) is 0 Å². The molecule has 0 fully saturated rings. The molecule has 0 radical (unpaired) electrons. The Morgan fingerprint density at radius 1 is 0.679 bits per heavy atom. The second kappa shape index (κ2) is 7.47. The number of carbonyl (C=O) groups is 2. The zero-order chi connectivity index (χ0) is 19.7. The van der Waals surface area contributed by atoms with E-state index in [2.05, 4.69) is 36.4 Å². The molecule has 142 valence electrons. The van der Waals surface area contributed by atoms with E-state index in [-0.39, 0.29) is 5.56 Å². The Kier molecular flexibility index (Phi) is 4.86. The van der Waals surface area contributed by atoms with Crippen LogP contribution in [0.3, 0.4) is 0 Å². The maximum atomic E-state index is 12.7. The molecule has 28 heavy (non-hydrogen) atoms. The number of rotatable bonds is 2. The van der Waals surface area contributed by atoms with Gasteiger partial charge < -0.3 is 9.47 Å². The SMILES string of the molecule is COC(=O)c1ccc2c3ccc(c2c1C(=O)OC)CCc1ccc(cc1)CC3. The van der Waals surface area contributed by atoms with Crippen LogP contribution in [0, 0.1) is 0 Å². The van der Waals surface area contributed by atoms with Gasteiger partial charge in [-0.3, -0.25) is 0 Å². The summed E-state index contributed by atoms with van der Waals surface area (Å²) in [6, 6.07) is 16.6. The lowest BCUT2D eigenvalue weighted by Gasteiger charge is -2.18. The van der Waals surface area contributed by atoms with Gasteiger partial charge >= 0.3 is 11.9 Å². The minimum atomic E-state index is -0.533. The molecule has 0 spiro atoms. The van der Waals surface area contributed by atoms with Gasteiger partial charge in [0.15, 0.2) is 0 Å². The van der Waals surface area contributed by atoms with Crippen molar-refractivity contribution in [1.82, 2.24) is 0 Å². The van der Waals surface area contributed by atoms with E-state index in [1.54, 1.807) is 6.07 Å². The molecular formula is C24H22O4. The monoisotopic (exact) mass is 374 g/mol. The summed E-state index contributed by atoms with van der Waals surface area (Å²) in [4.78, 5) is 25.0. The van der Waals surface area contributed by atoms with Crippen molar-refractivity contribution in [2.75, 3.05) is 14.2 Å². The van der Waals surface area contributed by atoms with E-state index < -0.39 is 11.9 Å². The Labute approximate surface area is 164 Å². The van der Waals surface area contributed by atoms with Gasteiger partial charge in [0.05, 0.1) is 25.3 Å². The highest BCUT2D eigenvalue weighted by molar-refractivity contribution is 6.14. The van der Waals surface area contributed by atoms with Gasteiger partial charge in [0.25, 0.3) is 0 Å². The topological polar surface area (TPSA) is 52.6 Å². The molecule has 7 rings (SSSR count). The van der Waals surface area contributed by atoms with E-state index in [1.807, 2.05) is 6.07 Å². The lowest BCUT2D eigenvalue weighted by Crippen LogP contribution is -2.14. The summed E-state index contributed by atoms with van der Waals surface area (Å²) < 4.78 is 9.96. The van der Waals surface area contributed by atoms with Gasteiger partial charge in [-0.05, 0) is 59.4 Å². The molecule has 4 nitrogen and oxygen atoms in total. The van der Waals surface area contributed by atoms with E-state index in [9.17, 15) is 9.59 Å². The quantitative estimate of drug-likeness (QED) is 0.628. The lowest BCUT2D eigenvalue weighted by molar-refractivity contribution is 0.0557. The zero-order valence-electron chi connectivity index (χ0n) is 16.1. The first kappa shape index (κ1) is 18.2. The molecule has 0 amide bonds. The fourth-order valence-corrected chi connectivity index (χ4v) is 4.03. The minimum absolute atomic E-state index is 0.246. The molecule has 0 aliphatic heterocycles. The van der Waals surface area contributed by atoms with Crippen molar-refractivity contribution >= 4 is 22.7 Å². The van der Waals surface area contributed by atoms with Gasteiger partial charge in [-0.25, -0.2) is 9.59 Å². The fraction of sp³-hybridized carbons (Fsp3) is 0.250. The molecule has 4 heteroatoms. The molecule has 0 atom stereocenters. The highest BCUT2D eigenvalue weighted by Crippen LogP contribution is 2.32. The Bertz CT molecular complexity index is 1060. The first-order valence-corrected chi connectivity index (χ1v) is 9.44. The maximum absolute atomic E-state index is 12.7. The first-order chi connectivity index (χ1) is 13.6. The van der Waals surface area contributed by atoms with Crippen molar-refractivity contribution in [2.24, 2.45) is 0 Å². The predicted molar refractivity (Wildman–Crippen MR) is 108 cm³/mol. The Hall–Kier alpha value is -3.14. The number of hydrogen-bond donors (Lipinski definition) is 0. The molecule has 3 aromatic rings. The second-order valence-electron chi connectivity index (χ2n) is 7.09. The summed E-state index contributed by atoms with van der Waals surface area (Å²) in [5.41, 5.74) is 5.29. The van der Waals surface area contributed by atoms with Crippen LogP contribution in [-0.4, -0.2) is 26.2 Å². The number of methoxy groups -OCH3 is 2. The summed E-state index contributed by atoms with van der Waals surface area (Å²) in [7, 11) is 2.66. The van der Waals surface area contributed by atoms with Crippen LogP contribution in [-0.2, 0) is 35.2 Å². The van der Waals surface area contributed by atoms with Gasteiger partial charge in [-0.2, -0.15) is 0 Å². The molecule has 4 bridgehead atoms. The third kappa shape index (κ3) is 3.15. The second-order valence-corrected chi connectivity index (χ2v) is 7.09. The van der Waals surface area contributed by atoms with Crippen LogP contribution in [0.1, 0.15) is 43.0 Å². The van der Waals surface area contributed by atoms with E-state index in [1.165, 1.54) is 25.3 Å². The fourth-order valence-electron chi connectivity index (χ4n) is 4.03. The van der Waals surface area contributed by atoms with Crippen molar-refractivity contribution in [3.8, 4) is 0 Å². The maximum Gasteiger partial charge on any atom is 0.339 e. The number of hydrogen-bond acceptors (Lipinski definition) is 4. The minimum Gasteiger partial charge on any atom is -0.465 e. The highest BCUT2D eigenvalue weighted by Gasteiger charge is 2.24. The molecule has 0 heterocycles. The van der Waals surface area contributed by atoms with Crippen LogP contribution >= 0.6 is 0 Å². The normalized spacial score (nSPS) is 13.1. The van der Waals surface area contributed by atoms with E-state index in [4.69, 9.17) is 9.47 Å². The van der Waals surface area contributed by atoms with Gasteiger partial charge in [-0.15, -0.1) is 0 Å². The molecule has 4 aliphatic rings. The summed E-state index contributed by atoms with van der Waals surface area (Å²) in [6.07, 6.45) is 3.40. The first-order valence-electron chi connectivity index (χ1n) is 9.44. The Balaban J connectivity index is 2.00. The van der Waals surface area contributed by atoms with Crippen LogP contribution in [0.4, 0.5) is 0 Å². The van der Waals surface area contributed by atoms with Crippen LogP contribution in [0.5, 0.6) is 0 Å². The number of benzene rings is 3. The lowest BCUT2D eigenvalue weighted by atomic mass is 9.87. The van der Waals surface area contributed by atoms with Crippen molar-refractivity contribution in [3.63, 3.8) is 0 Å². The summed E-state index contributed by atoms with van der Waals surface area (Å²) >= 11 is 0. The van der Waals surface area contributed by atoms with Gasteiger partial charge in [0, 0.05) is 5.39 Å². The van der Waals surface area contributed by atoms with E-state index >= 15 is 0 Å². The third-order valence-corrected chi connectivity index (χ3v) is 5.54. The molecule has 0 saturated carbocycles. The van der Waals surface area contributed by atoms with Crippen molar-refractivity contribution in [3.05, 3.63) is 81.9 Å². The molecular weight excluding hydrogens is 352 g/mol. The molecule has 3 aromatic carbocycles. The summed E-state index contributed by atoms with van der Waals surface area (Å²) in [5.74, 6) is -1.05. The average molecular weight is 374 g/mol. The molecule has 0 unspecified atom stereocenters. The highest BCUT2D eigenvalue weighted by atomic mass is 16.5. The van der Waals surface area contributed by atoms with Crippen molar-refractivity contribution in [1.29, 1.82) is 0 Å². The number of carbonyl (C=O) groups excluding carboxylic acids is 2. The Morgan fingerprint density at radius 3 is 1.86 bits per heavy atom. The van der Waals surface area contributed by atoms with Crippen LogP contribution < -0.4 is 0 Å². The number of aryl methyl sites for hydroxylation is 4. The average Bonchev–Trinajstić information content (AvgIpc) is 2.73. The molecule has 0 saturated heterocycles. The third-order valence-electron chi connectivity index (χ3n) is 5.54. The molecule has 4 aliphatic carbocycles. The van der Waals surface area contributed by atoms with Gasteiger partial charge in [0.2, 0.25) is 0 Å². The summed E-state index contributed by atoms with van der Waals surface area (Å²) in [6.45, 7) is 0. The van der Waals surface area contributed by atoms with Gasteiger partial charge in [0.1, 0.15) is 0 Å². The summed E-state index contributed by atoms with van der Waals surface area (Å²) in [5, 5.41) is 1.81. The number of ether oxygens (including phenoxy) is 2. The Morgan fingerprint density at radius 2 is 1.25 bits per heavy atom. The zero-order valence-corrected chi connectivity index (χ0v) is 16.1. The van der Waals surface area contributed by atoms with Crippen molar-refractivity contribution in [2.45, 2.75) is 25.7 Å². The van der Waals surface area contributed by atoms with E-state index in [0.717, 1.165) is 47.6 Å². The standard InChI is InChI=1S/C24H22O4/c1-27-23(25)20-14-13-19-17-9-7-15-3-5-16(6-4-15)8-10-18(12-11-17)21(19)22(20)24(26)28-2/h3-6,11-14H,7-10H2,1-2H3. The van der Waals surface area contributed by atoms with E-state index in [0.29, 0.717) is 5.56 Å². The predicted octanol–water partition coefficient (Wildman–Crippen LogP) is 4.30. The van der Waals surface area contributed by atoms with Crippen LogP contribution in [0.25, 0.3) is 10.8 Å². The number of esters is 2. The van der Waals surface area contributed by atoms with Crippen molar-refractivity contribution < 1.29 is 19.1 Å². The van der Waals surface area contributed by atoms with Crippen LogP contribution in [0.15, 0.2) is 48.5 Å².